The number of hydrogen-bond acceptors (Lipinski definition) is 8. The van der Waals surface area contributed by atoms with E-state index in [1.807, 2.05) is 0 Å². The number of nitrogen functional groups attached to an aromatic ring is 2. The molecule has 0 fully saturated rings. The predicted molar refractivity (Wildman–Crippen MR) is 65.2 cm³/mol. The van der Waals surface area contributed by atoms with Crippen LogP contribution in [0.15, 0.2) is 6.07 Å². The lowest BCUT2D eigenvalue weighted by Crippen LogP contribution is -2.27. The van der Waals surface area contributed by atoms with Gasteiger partial charge in [-0.3, -0.25) is 0 Å². The predicted octanol–water partition coefficient (Wildman–Crippen LogP) is -0.846. The topological polar surface area (TPSA) is 131 Å². The molecule has 0 spiro atoms. The van der Waals surface area contributed by atoms with Crippen molar-refractivity contribution in [3.05, 3.63) is 6.07 Å². The van der Waals surface area contributed by atoms with Crippen LogP contribution in [0.4, 0.5) is 17.6 Å². The number of aromatic nitrogens is 2. The summed E-state index contributed by atoms with van der Waals surface area (Å²) >= 11 is 0. The fraction of sp³-hybridized carbons (Fsp3) is 0.556. The number of nitrogens with two attached hydrogens (primary N) is 2. The van der Waals surface area contributed by atoms with E-state index in [0.717, 1.165) is 0 Å². The number of nitrogens with one attached hydrogen (secondary N) is 2. The molecule has 1 heterocycles. The standard InChI is InChI=1S/C9H18N6O2/c1-17-5-6(2-3-16)12-7-4-8(15-11)14-9(10)13-7/h4,6,16H,2-3,5,11H2,1H3,(H4,10,12,13,14,15). The zero-order chi connectivity index (χ0) is 12.7. The Bertz CT molecular complexity index is 342. The molecule has 0 aliphatic heterocycles. The summed E-state index contributed by atoms with van der Waals surface area (Å²) in [5.74, 6) is 6.31. The van der Waals surface area contributed by atoms with E-state index in [1.54, 1.807) is 13.2 Å². The molecule has 7 N–H and O–H groups in total. The summed E-state index contributed by atoms with van der Waals surface area (Å²) in [6.07, 6.45) is 0.545. The van der Waals surface area contributed by atoms with Crippen molar-refractivity contribution in [2.45, 2.75) is 12.5 Å². The second-order valence-corrected chi connectivity index (χ2v) is 3.45. The molecule has 17 heavy (non-hydrogen) atoms. The number of aliphatic hydroxyl groups excluding tert-OH is 1. The average molecular weight is 242 g/mol. The van der Waals surface area contributed by atoms with Crippen molar-refractivity contribution in [1.82, 2.24) is 9.97 Å². The number of anilines is 3. The zero-order valence-electron chi connectivity index (χ0n) is 9.68. The molecule has 1 aromatic rings. The molecular weight excluding hydrogens is 224 g/mol. The van der Waals surface area contributed by atoms with E-state index in [4.69, 9.17) is 21.4 Å². The lowest BCUT2D eigenvalue weighted by Gasteiger charge is -2.17. The van der Waals surface area contributed by atoms with Gasteiger partial charge in [-0.15, -0.1) is 0 Å². The molecule has 0 saturated heterocycles. The highest BCUT2D eigenvalue weighted by atomic mass is 16.5. The Morgan fingerprint density at radius 3 is 2.76 bits per heavy atom. The van der Waals surface area contributed by atoms with Gasteiger partial charge in [-0.25, -0.2) is 5.84 Å². The number of aliphatic hydroxyl groups is 1. The number of hydrogen-bond donors (Lipinski definition) is 5. The summed E-state index contributed by atoms with van der Waals surface area (Å²) in [5, 5.41) is 12.0. The second kappa shape index (κ2) is 6.84. The monoisotopic (exact) mass is 242 g/mol. The third-order valence-corrected chi connectivity index (χ3v) is 2.09. The maximum absolute atomic E-state index is 8.91. The van der Waals surface area contributed by atoms with Gasteiger partial charge in [0.2, 0.25) is 5.95 Å². The molecule has 0 bridgehead atoms. The highest BCUT2D eigenvalue weighted by Crippen LogP contribution is 2.13. The first-order chi connectivity index (χ1) is 8.19. The van der Waals surface area contributed by atoms with Crippen molar-refractivity contribution in [3.8, 4) is 0 Å². The first-order valence-corrected chi connectivity index (χ1v) is 5.17. The summed E-state index contributed by atoms with van der Waals surface area (Å²) < 4.78 is 5.03. The van der Waals surface area contributed by atoms with Crippen LogP contribution in [0.3, 0.4) is 0 Å². The molecule has 0 radical (unpaired) electrons. The van der Waals surface area contributed by atoms with Gasteiger partial charge in [0.1, 0.15) is 11.6 Å². The van der Waals surface area contributed by atoms with Gasteiger partial charge in [-0.05, 0) is 6.42 Å². The lowest BCUT2D eigenvalue weighted by molar-refractivity contribution is 0.170. The van der Waals surface area contributed by atoms with E-state index in [1.165, 1.54) is 0 Å². The van der Waals surface area contributed by atoms with Gasteiger partial charge < -0.3 is 26.3 Å². The van der Waals surface area contributed by atoms with E-state index >= 15 is 0 Å². The molecule has 1 unspecified atom stereocenters. The molecule has 8 heteroatoms. The first kappa shape index (κ1) is 13.4. The smallest absolute Gasteiger partial charge is 0.223 e. The fourth-order valence-corrected chi connectivity index (χ4v) is 1.38. The van der Waals surface area contributed by atoms with Crippen molar-refractivity contribution < 1.29 is 9.84 Å². The largest absolute Gasteiger partial charge is 0.396 e. The molecule has 96 valence electrons. The molecule has 0 aromatic carbocycles. The van der Waals surface area contributed by atoms with Crippen LogP contribution in [0.1, 0.15) is 6.42 Å². The van der Waals surface area contributed by atoms with Crippen LogP contribution in [-0.4, -0.2) is 41.4 Å². The quantitative estimate of drug-likeness (QED) is 0.309. The minimum absolute atomic E-state index is 0.0510. The Labute approximate surface area is 99.4 Å². The van der Waals surface area contributed by atoms with Crippen molar-refractivity contribution in [3.63, 3.8) is 0 Å². The number of nitrogens with zero attached hydrogens (tertiary/aromatic N) is 2. The van der Waals surface area contributed by atoms with Gasteiger partial charge in [0.15, 0.2) is 0 Å². The van der Waals surface area contributed by atoms with E-state index < -0.39 is 0 Å². The van der Waals surface area contributed by atoms with Crippen LogP contribution in [0.2, 0.25) is 0 Å². The van der Waals surface area contributed by atoms with Gasteiger partial charge in [0, 0.05) is 19.8 Å². The SMILES string of the molecule is COCC(CCO)Nc1cc(NN)nc(N)n1. The number of hydrazine groups is 1. The molecule has 0 amide bonds. The first-order valence-electron chi connectivity index (χ1n) is 5.17. The molecule has 1 aromatic heterocycles. The van der Waals surface area contributed by atoms with Gasteiger partial charge in [0.05, 0.1) is 12.6 Å². The van der Waals surface area contributed by atoms with Crippen molar-refractivity contribution >= 4 is 17.6 Å². The maximum Gasteiger partial charge on any atom is 0.223 e. The third-order valence-electron chi connectivity index (χ3n) is 2.09. The Morgan fingerprint density at radius 2 is 2.18 bits per heavy atom. The zero-order valence-corrected chi connectivity index (χ0v) is 9.68. The van der Waals surface area contributed by atoms with Crippen molar-refractivity contribution in [2.24, 2.45) is 5.84 Å². The second-order valence-electron chi connectivity index (χ2n) is 3.45. The van der Waals surface area contributed by atoms with Gasteiger partial charge in [-0.1, -0.05) is 0 Å². The Hall–Kier alpha value is -1.64. The third kappa shape index (κ3) is 4.39. The summed E-state index contributed by atoms with van der Waals surface area (Å²) in [7, 11) is 1.59. The van der Waals surface area contributed by atoms with Gasteiger partial charge in [-0.2, -0.15) is 9.97 Å². The Morgan fingerprint density at radius 1 is 1.47 bits per heavy atom. The minimum Gasteiger partial charge on any atom is -0.396 e. The number of methoxy groups -OCH3 is 1. The van der Waals surface area contributed by atoms with Crippen LogP contribution < -0.4 is 22.3 Å². The summed E-state index contributed by atoms with van der Waals surface area (Å²) in [4.78, 5) is 7.87. The summed E-state index contributed by atoms with van der Waals surface area (Å²) in [6, 6.07) is 1.57. The molecular formula is C9H18N6O2. The van der Waals surface area contributed by atoms with Crippen molar-refractivity contribution in [2.75, 3.05) is 36.8 Å². The van der Waals surface area contributed by atoms with Crippen LogP contribution in [-0.2, 0) is 4.74 Å². The summed E-state index contributed by atoms with van der Waals surface area (Å²) in [5.41, 5.74) is 7.91. The summed E-state index contributed by atoms with van der Waals surface area (Å²) in [6.45, 7) is 0.513. The van der Waals surface area contributed by atoms with Crippen LogP contribution in [0, 0.1) is 0 Å². The number of rotatable bonds is 7. The van der Waals surface area contributed by atoms with E-state index in [-0.39, 0.29) is 18.6 Å². The maximum atomic E-state index is 8.91. The van der Waals surface area contributed by atoms with Crippen LogP contribution in [0.25, 0.3) is 0 Å². The number of ether oxygens (including phenoxy) is 1. The van der Waals surface area contributed by atoms with Crippen LogP contribution in [0.5, 0.6) is 0 Å². The minimum atomic E-state index is -0.0510. The van der Waals surface area contributed by atoms with Gasteiger partial charge >= 0.3 is 0 Å². The molecule has 0 saturated carbocycles. The lowest BCUT2D eigenvalue weighted by atomic mass is 10.2. The normalized spacial score (nSPS) is 12.2. The molecule has 8 nitrogen and oxygen atoms in total. The molecule has 0 aliphatic carbocycles. The molecule has 1 rings (SSSR count). The van der Waals surface area contributed by atoms with Crippen molar-refractivity contribution in [1.29, 1.82) is 0 Å². The Kier molecular flexibility index (Phi) is 5.40. The van der Waals surface area contributed by atoms with E-state index in [0.29, 0.717) is 24.7 Å². The fourth-order valence-electron chi connectivity index (χ4n) is 1.38. The van der Waals surface area contributed by atoms with Gasteiger partial charge in [0.25, 0.3) is 0 Å². The average Bonchev–Trinajstić information content (AvgIpc) is 2.29. The molecule has 0 aliphatic rings. The van der Waals surface area contributed by atoms with E-state index in [2.05, 4.69) is 20.7 Å². The Balaban J connectivity index is 2.73. The highest BCUT2D eigenvalue weighted by Gasteiger charge is 2.09. The van der Waals surface area contributed by atoms with Crippen LogP contribution >= 0.6 is 0 Å². The molecule has 1 atom stereocenters. The van der Waals surface area contributed by atoms with E-state index in [9.17, 15) is 0 Å². The highest BCUT2D eigenvalue weighted by molar-refractivity contribution is 5.50.